The fourth-order valence-electron chi connectivity index (χ4n) is 2.24. The van der Waals surface area contributed by atoms with E-state index in [-0.39, 0.29) is 5.41 Å². The molecular weight excluding hydrogens is 200 g/mol. The molecule has 1 aliphatic rings. The third-order valence-electron chi connectivity index (χ3n) is 3.00. The molecule has 0 radical (unpaired) electrons. The second-order valence-corrected chi connectivity index (χ2v) is 5.89. The smallest absolute Gasteiger partial charge is 0.133 e. The van der Waals surface area contributed by atoms with Crippen LogP contribution in [0, 0.1) is 5.41 Å². The van der Waals surface area contributed by atoms with E-state index >= 15 is 0 Å². The average molecular weight is 222 g/mol. The van der Waals surface area contributed by atoms with Crippen molar-refractivity contribution in [2.45, 2.75) is 46.1 Å². The van der Waals surface area contributed by atoms with Gasteiger partial charge in [-0.15, -0.1) is 10.2 Å². The summed E-state index contributed by atoms with van der Waals surface area (Å²) >= 11 is 0. The topological polar surface area (TPSA) is 42.7 Å². The maximum Gasteiger partial charge on any atom is 0.133 e. The van der Waals surface area contributed by atoms with Gasteiger partial charge in [0.2, 0.25) is 0 Å². The van der Waals surface area contributed by atoms with E-state index in [1.165, 1.54) is 12.8 Å². The van der Waals surface area contributed by atoms with Gasteiger partial charge in [0.25, 0.3) is 0 Å². The Morgan fingerprint density at radius 3 is 2.94 bits per heavy atom. The molecule has 1 saturated heterocycles. The van der Waals surface area contributed by atoms with Crippen LogP contribution in [0.5, 0.6) is 0 Å². The summed E-state index contributed by atoms with van der Waals surface area (Å²) in [5, 5.41) is 11.8. The van der Waals surface area contributed by atoms with Crippen molar-refractivity contribution in [2.75, 3.05) is 13.1 Å². The van der Waals surface area contributed by atoms with Gasteiger partial charge in [-0.25, -0.2) is 0 Å². The molecule has 1 aromatic rings. The molecule has 1 fully saturated rings. The van der Waals surface area contributed by atoms with Crippen LogP contribution < -0.4 is 5.32 Å². The third-order valence-corrected chi connectivity index (χ3v) is 3.00. The zero-order chi connectivity index (χ0) is 11.6. The second kappa shape index (κ2) is 4.53. The van der Waals surface area contributed by atoms with Crippen LogP contribution in [0.1, 0.15) is 45.5 Å². The van der Waals surface area contributed by atoms with Crippen molar-refractivity contribution in [2.24, 2.45) is 5.41 Å². The lowest BCUT2D eigenvalue weighted by atomic mass is 9.91. The minimum Gasteiger partial charge on any atom is -0.315 e. The summed E-state index contributed by atoms with van der Waals surface area (Å²) in [5.74, 6) is 1.13. The van der Waals surface area contributed by atoms with Gasteiger partial charge in [0.15, 0.2) is 0 Å². The average Bonchev–Trinajstić information content (AvgIpc) is 2.64. The van der Waals surface area contributed by atoms with Crippen LogP contribution in [0.3, 0.4) is 0 Å². The van der Waals surface area contributed by atoms with E-state index in [9.17, 15) is 0 Å². The molecule has 0 aromatic carbocycles. The predicted octanol–water partition coefficient (Wildman–Crippen LogP) is 1.79. The maximum absolute atomic E-state index is 4.26. The first-order valence-electron chi connectivity index (χ1n) is 6.15. The van der Waals surface area contributed by atoms with Crippen molar-refractivity contribution < 1.29 is 0 Å². The van der Waals surface area contributed by atoms with Gasteiger partial charge in [-0.1, -0.05) is 20.8 Å². The van der Waals surface area contributed by atoms with E-state index in [0.717, 1.165) is 25.3 Å². The lowest BCUT2D eigenvalue weighted by molar-refractivity contribution is 0.339. The Morgan fingerprint density at radius 1 is 1.50 bits per heavy atom. The molecule has 1 unspecified atom stereocenters. The monoisotopic (exact) mass is 222 g/mol. The summed E-state index contributed by atoms with van der Waals surface area (Å²) in [7, 11) is 0. The summed E-state index contributed by atoms with van der Waals surface area (Å²) in [5.41, 5.74) is 0.271. The van der Waals surface area contributed by atoms with Gasteiger partial charge in [-0.05, 0) is 24.8 Å². The number of hydrogen-bond acceptors (Lipinski definition) is 3. The van der Waals surface area contributed by atoms with Gasteiger partial charge < -0.3 is 9.88 Å². The largest absolute Gasteiger partial charge is 0.315 e. The summed E-state index contributed by atoms with van der Waals surface area (Å²) < 4.78 is 2.26. The molecule has 0 spiro atoms. The second-order valence-electron chi connectivity index (χ2n) is 5.89. The molecule has 1 N–H and O–H groups in total. The first-order chi connectivity index (χ1) is 7.56. The van der Waals surface area contributed by atoms with E-state index in [2.05, 4.69) is 40.9 Å². The predicted molar refractivity (Wildman–Crippen MR) is 64.3 cm³/mol. The van der Waals surface area contributed by atoms with Crippen molar-refractivity contribution in [1.82, 2.24) is 20.1 Å². The molecule has 0 bridgehead atoms. The Bertz CT molecular complexity index is 331. The standard InChI is InChI=1S/C12H22N4/c1-12(2,3)7-11-15-14-9-16(11)10-5-4-6-13-8-10/h9-10,13H,4-8H2,1-3H3. The van der Waals surface area contributed by atoms with Gasteiger partial charge >= 0.3 is 0 Å². The molecule has 4 heteroatoms. The molecule has 0 saturated carbocycles. The van der Waals surface area contributed by atoms with Crippen molar-refractivity contribution in [1.29, 1.82) is 0 Å². The number of nitrogens with one attached hydrogen (secondary N) is 1. The first-order valence-corrected chi connectivity index (χ1v) is 6.15. The zero-order valence-electron chi connectivity index (χ0n) is 10.5. The molecule has 2 heterocycles. The van der Waals surface area contributed by atoms with Gasteiger partial charge in [0, 0.05) is 19.0 Å². The van der Waals surface area contributed by atoms with Crippen LogP contribution in [0.2, 0.25) is 0 Å². The molecular formula is C12H22N4. The van der Waals surface area contributed by atoms with Crippen molar-refractivity contribution >= 4 is 0 Å². The Balaban J connectivity index is 2.11. The highest BCUT2D eigenvalue weighted by atomic mass is 15.3. The van der Waals surface area contributed by atoms with E-state index < -0.39 is 0 Å². The molecule has 1 aromatic heterocycles. The maximum atomic E-state index is 4.26. The number of piperidine rings is 1. The molecule has 2 rings (SSSR count). The zero-order valence-corrected chi connectivity index (χ0v) is 10.5. The molecule has 1 atom stereocenters. The van der Waals surface area contributed by atoms with Gasteiger partial charge in [-0.2, -0.15) is 0 Å². The molecule has 4 nitrogen and oxygen atoms in total. The van der Waals surface area contributed by atoms with E-state index in [0.29, 0.717) is 6.04 Å². The summed E-state index contributed by atoms with van der Waals surface area (Å²) in [6.07, 6.45) is 5.36. The minimum atomic E-state index is 0.271. The summed E-state index contributed by atoms with van der Waals surface area (Å²) in [6, 6.07) is 0.543. The normalized spacial score (nSPS) is 22.3. The van der Waals surface area contributed by atoms with Crippen LogP contribution in [0.4, 0.5) is 0 Å². The van der Waals surface area contributed by atoms with Gasteiger partial charge in [-0.3, -0.25) is 0 Å². The van der Waals surface area contributed by atoms with E-state index in [1.54, 1.807) is 0 Å². The van der Waals surface area contributed by atoms with Gasteiger partial charge in [0.1, 0.15) is 12.2 Å². The number of hydrogen-bond donors (Lipinski definition) is 1. The highest BCUT2D eigenvalue weighted by molar-refractivity contribution is 4.94. The quantitative estimate of drug-likeness (QED) is 0.829. The molecule has 0 amide bonds. The fraction of sp³-hybridized carbons (Fsp3) is 0.833. The SMILES string of the molecule is CC(C)(C)Cc1nncn1C1CCCNC1. The van der Waals surface area contributed by atoms with E-state index in [4.69, 9.17) is 0 Å². The Kier molecular flexibility index (Phi) is 3.28. The number of rotatable bonds is 2. The molecule has 90 valence electrons. The van der Waals surface area contributed by atoms with Crippen molar-refractivity contribution in [3.05, 3.63) is 12.2 Å². The molecule has 1 aliphatic heterocycles. The van der Waals surface area contributed by atoms with Crippen LogP contribution in [-0.2, 0) is 6.42 Å². The van der Waals surface area contributed by atoms with Crippen LogP contribution >= 0.6 is 0 Å². The number of aromatic nitrogens is 3. The molecule has 16 heavy (non-hydrogen) atoms. The summed E-state index contributed by atoms with van der Waals surface area (Å²) in [4.78, 5) is 0. The molecule has 0 aliphatic carbocycles. The summed E-state index contributed by atoms with van der Waals surface area (Å²) in [6.45, 7) is 8.92. The number of nitrogens with zero attached hydrogens (tertiary/aromatic N) is 3. The highest BCUT2D eigenvalue weighted by Gasteiger charge is 2.21. The fourth-order valence-corrected chi connectivity index (χ4v) is 2.24. The minimum absolute atomic E-state index is 0.271. The van der Waals surface area contributed by atoms with Crippen molar-refractivity contribution in [3.8, 4) is 0 Å². The first kappa shape index (κ1) is 11.6. The highest BCUT2D eigenvalue weighted by Crippen LogP contribution is 2.23. The lowest BCUT2D eigenvalue weighted by Crippen LogP contribution is -2.32. The Hall–Kier alpha value is -0.900. The third kappa shape index (κ3) is 2.82. The van der Waals surface area contributed by atoms with Gasteiger partial charge in [0.05, 0.1) is 0 Å². The van der Waals surface area contributed by atoms with Crippen LogP contribution in [0.15, 0.2) is 6.33 Å². The Morgan fingerprint density at radius 2 is 2.31 bits per heavy atom. The van der Waals surface area contributed by atoms with E-state index in [1.807, 2.05) is 6.33 Å². The Labute approximate surface area is 97.5 Å². The lowest BCUT2D eigenvalue weighted by Gasteiger charge is -2.26. The van der Waals surface area contributed by atoms with Crippen molar-refractivity contribution in [3.63, 3.8) is 0 Å². The van der Waals surface area contributed by atoms with Crippen LogP contribution in [-0.4, -0.2) is 27.9 Å². The van der Waals surface area contributed by atoms with Crippen LogP contribution in [0.25, 0.3) is 0 Å².